The number of carbonyl (C=O) groups is 2. The van der Waals surface area contributed by atoms with Crippen LogP contribution in [0.1, 0.15) is 47.8 Å². The molecule has 4 N–H and O–H groups in total. The van der Waals surface area contributed by atoms with Gasteiger partial charge in [-0.25, -0.2) is 9.18 Å². The summed E-state index contributed by atoms with van der Waals surface area (Å²) in [5.74, 6) is -0.497. The second-order valence-electron chi connectivity index (χ2n) is 8.00. The van der Waals surface area contributed by atoms with Crippen LogP contribution in [0.5, 0.6) is 0 Å². The number of carboxylic acid groups (broad SMARTS) is 1. The van der Waals surface area contributed by atoms with Crippen molar-refractivity contribution in [2.75, 3.05) is 17.2 Å². The van der Waals surface area contributed by atoms with Crippen molar-refractivity contribution < 1.29 is 23.5 Å². The Morgan fingerprint density at radius 1 is 1.03 bits per heavy atom. The number of hydrogen-bond donors (Lipinski definition) is 4. The fraction of sp³-hybridized carbons (Fsp3) is 0.304. The minimum Gasteiger partial charge on any atom is -0.465 e. The molecule has 33 heavy (non-hydrogen) atoms. The van der Waals surface area contributed by atoms with Gasteiger partial charge < -0.3 is 25.5 Å². The minimum absolute atomic E-state index is 0.0882. The summed E-state index contributed by atoms with van der Waals surface area (Å²) in [5, 5.41) is 24.0. The lowest BCUT2D eigenvalue weighted by Crippen LogP contribution is -2.29. The topological polar surface area (TPSA) is 129 Å². The molecular formula is C23H24FN5O4. The van der Waals surface area contributed by atoms with Gasteiger partial charge in [0.05, 0.1) is 5.69 Å². The fourth-order valence-electron chi connectivity index (χ4n) is 4.00. The molecule has 0 unspecified atom stereocenters. The molecular weight excluding hydrogens is 429 g/mol. The Hall–Kier alpha value is -3.95. The third-order valence-electron chi connectivity index (χ3n) is 5.76. The maximum absolute atomic E-state index is 13.7. The van der Waals surface area contributed by atoms with Crippen LogP contribution in [0.25, 0.3) is 0 Å². The summed E-state index contributed by atoms with van der Waals surface area (Å²) in [4.78, 5) is 23.1. The second kappa shape index (κ2) is 10.1. The van der Waals surface area contributed by atoms with Crippen molar-refractivity contribution >= 4 is 29.4 Å². The Balaban J connectivity index is 1.29. The van der Waals surface area contributed by atoms with Crippen LogP contribution in [-0.2, 0) is 0 Å². The van der Waals surface area contributed by atoms with Crippen molar-refractivity contribution in [3.63, 3.8) is 0 Å². The second-order valence-corrected chi connectivity index (χ2v) is 8.00. The van der Waals surface area contributed by atoms with E-state index in [-0.39, 0.29) is 17.6 Å². The molecule has 1 saturated carbocycles. The van der Waals surface area contributed by atoms with Crippen molar-refractivity contribution in [1.29, 1.82) is 0 Å². The Labute approximate surface area is 189 Å². The lowest BCUT2D eigenvalue weighted by molar-refractivity contribution is 0.0991. The zero-order chi connectivity index (χ0) is 23.2. The summed E-state index contributed by atoms with van der Waals surface area (Å²) in [6.45, 7) is 0.500. The van der Waals surface area contributed by atoms with Gasteiger partial charge in [0, 0.05) is 12.2 Å². The van der Waals surface area contributed by atoms with Gasteiger partial charge in [0.25, 0.3) is 0 Å². The number of amides is 2. The highest BCUT2D eigenvalue weighted by Gasteiger charge is 2.23. The first-order valence-electron chi connectivity index (χ1n) is 10.7. The maximum Gasteiger partial charge on any atom is 0.404 e. The first-order valence-corrected chi connectivity index (χ1v) is 10.7. The predicted molar refractivity (Wildman–Crippen MR) is 119 cm³/mol. The Morgan fingerprint density at radius 2 is 1.76 bits per heavy atom. The molecule has 2 amide bonds. The van der Waals surface area contributed by atoms with Crippen LogP contribution >= 0.6 is 0 Å². The summed E-state index contributed by atoms with van der Waals surface area (Å²) in [6.07, 6.45) is 2.97. The van der Waals surface area contributed by atoms with E-state index < -0.39 is 17.8 Å². The van der Waals surface area contributed by atoms with E-state index >= 15 is 0 Å². The molecule has 4 rings (SSSR count). The van der Waals surface area contributed by atoms with Crippen LogP contribution in [0, 0.1) is 11.7 Å². The molecule has 172 valence electrons. The number of aromatic nitrogens is 2. The molecule has 1 aliphatic rings. The van der Waals surface area contributed by atoms with Crippen molar-refractivity contribution in [2.24, 2.45) is 5.92 Å². The largest absolute Gasteiger partial charge is 0.465 e. The predicted octanol–water partition coefficient (Wildman–Crippen LogP) is 4.75. The van der Waals surface area contributed by atoms with Crippen LogP contribution < -0.4 is 16.0 Å². The average Bonchev–Trinajstić information content (AvgIpc) is 3.29. The molecule has 9 nitrogen and oxygen atoms in total. The molecule has 10 heteroatoms. The Kier molecular flexibility index (Phi) is 6.82. The molecule has 0 radical (unpaired) electrons. The first kappa shape index (κ1) is 22.3. The minimum atomic E-state index is -0.979. The molecule has 1 heterocycles. The lowest BCUT2D eigenvalue weighted by Gasteiger charge is -2.28. The quantitative estimate of drug-likeness (QED) is 0.406. The zero-order valence-corrected chi connectivity index (χ0v) is 17.8. The van der Waals surface area contributed by atoms with E-state index in [4.69, 9.17) is 9.52 Å². The van der Waals surface area contributed by atoms with Crippen molar-refractivity contribution in [1.82, 2.24) is 15.5 Å². The van der Waals surface area contributed by atoms with E-state index in [1.807, 2.05) is 24.3 Å². The molecule has 3 aromatic rings. The van der Waals surface area contributed by atoms with Crippen LogP contribution in [0.3, 0.4) is 0 Å². The Bertz CT molecular complexity index is 1110. The highest BCUT2D eigenvalue weighted by molar-refractivity contribution is 6.00. The van der Waals surface area contributed by atoms with Gasteiger partial charge in [0.1, 0.15) is 5.82 Å². The Morgan fingerprint density at radius 3 is 2.45 bits per heavy atom. The standard InChI is InChI=1S/C23H24FN5O4/c24-18-3-1-2-4-19(18)27-22-29-28-21(33-22)20(30)26-17-11-9-16(10-12-17)15-7-5-14(6-8-15)13-25-23(31)32/h1-4,9-12,14-15,25H,5-8,13H2,(H,26,30)(H,27,29)(H,31,32)/t14-,15-. The molecule has 0 bridgehead atoms. The molecule has 0 aliphatic heterocycles. The normalized spacial score (nSPS) is 17.8. The number of para-hydroxylation sites is 1. The van der Waals surface area contributed by atoms with Crippen molar-refractivity contribution in [2.45, 2.75) is 31.6 Å². The summed E-state index contributed by atoms with van der Waals surface area (Å²) in [7, 11) is 0. The van der Waals surface area contributed by atoms with Gasteiger partial charge in [-0.1, -0.05) is 29.4 Å². The first-order chi connectivity index (χ1) is 16.0. The SMILES string of the molecule is O=C(O)NC[C@H]1CC[C@H](c2ccc(NC(=O)c3nnc(Nc4ccccc4F)o3)cc2)CC1. The van der Waals surface area contributed by atoms with Crippen molar-refractivity contribution in [3.8, 4) is 0 Å². The van der Waals surface area contributed by atoms with Gasteiger partial charge in [-0.2, -0.15) is 0 Å². The maximum atomic E-state index is 13.7. The van der Waals surface area contributed by atoms with Crippen LogP contribution in [0.2, 0.25) is 0 Å². The summed E-state index contributed by atoms with van der Waals surface area (Å²) in [6, 6.07) is 13.5. The van der Waals surface area contributed by atoms with Crippen LogP contribution in [0.4, 0.5) is 26.6 Å². The summed E-state index contributed by atoms with van der Waals surface area (Å²) < 4.78 is 19.0. The lowest BCUT2D eigenvalue weighted by atomic mass is 9.78. The third-order valence-corrected chi connectivity index (χ3v) is 5.76. The number of nitrogens with one attached hydrogen (secondary N) is 3. The van der Waals surface area contributed by atoms with E-state index in [0.717, 1.165) is 25.7 Å². The molecule has 0 atom stereocenters. The van der Waals surface area contributed by atoms with Crippen LogP contribution in [0.15, 0.2) is 52.9 Å². The average molecular weight is 453 g/mol. The highest BCUT2D eigenvalue weighted by Crippen LogP contribution is 2.36. The molecule has 1 aromatic heterocycles. The smallest absolute Gasteiger partial charge is 0.404 e. The third kappa shape index (κ3) is 5.85. The van der Waals surface area contributed by atoms with E-state index in [9.17, 15) is 14.0 Å². The van der Waals surface area contributed by atoms with E-state index in [2.05, 4.69) is 26.1 Å². The van der Waals surface area contributed by atoms with Crippen LogP contribution in [-0.4, -0.2) is 33.8 Å². The number of halogens is 1. The van der Waals surface area contributed by atoms with Gasteiger partial charge >= 0.3 is 23.9 Å². The fourth-order valence-corrected chi connectivity index (χ4v) is 4.00. The molecule has 1 aliphatic carbocycles. The number of hydrogen-bond acceptors (Lipinski definition) is 6. The van der Waals surface area contributed by atoms with Gasteiger partial charge in [0.2, 0.25) is 0 Å². The zero-order valence-electron chi connectivity index (χ0n) is 17.8. The number of nitrogens with zero attached hydrogens (tertiary/aromatic N) is 2. The van der Waals surface area contributed by atoms with Gasteiger partial charge in [-0.15, -0.1) is 5.10 Å². The summed E-state index contributed by atoms with van der Waals surface area (Å²) >= 11 is 0. The van der Waals surface area contributed by atoms with Gasteiger partial charge in [-0.05, 0) is 67.3 Å². The molecule has 1 fully saturated rings. The molecule has 0 saturated heterocycles. The monoisotopic (exact) mass is 453 g/mol. The van der Waals surface area contributed by atoms with Crippen molar-refractivity contribution in [3.05, 3.63) is 65.8 Å². The number of carbonyl (C=O) groups excluding carboxylic acids is 1. The van der Waals surface area contributed by atoms with E-state index in [1.165, 1.54) is 17.7 Å². The van der Waals surface area contributed by atoms with E-state index in [0.29, 0.717) is 24.1 Å². The highest BCUT2D eigenvalue weighted by atomic mass is 19.1. The number of benzene rings is 2. The van der Waals surface area contributed by atoms with E-state index in [1.54, 1.807) is 12.1 Å². The number of rotatable bonds is 7. The molecule has 0 spiro atoms. The van der Waals surface area contributed by atoms with Gasteiger partial charge in [-0.3, -0.25) is 4.79 Å². The molecule has 2 aromatic carbocycles. The number of anilines is 3. The summed E-state index contributed by atoms with van der Waals surface area (Å²) in [5.41, 5.74) is 1.94. The van der Waals surface area contributed by atoms with Gasteiger partial charge in [0.15, 0.2) is 0 Å².